The number of allylic oxidation sites excluding steroid dienone is 1. The number of methoxy groups -OCH3 is 1. The van der Waals surface area contributed by atoms with E-state index < -0.39 is 29.6 Å². The Morgan fingerprint density at radius 2 is 1.78 bits per heavy atom. The third kappa shape index (κ3) is 9.06. The zero-order valence-electron chi connectivity index (χ0n) is 28.1. The van der Waals surface area contributed by atoms with Gasteiger partial charge in [-0.2, -0.15) is 0 Å². The summed E-state index contributed by atoms with van der Waals surface area (Å²) >= 11 is 1.28. The van der Waals surface area contributed by atoms with Gasteiger partial charge in [-0.15, -0.1) is 11.3 Å². The molecule has 11 nitrogen and oxygen atoms in total. The van der Waals surface area contributed by atoms with Gasteiger partial charge in [0.1, 0.15) is 28.6 Å². The maximum Gasteiger partial charge on any atom is 0.342 e. The lowest BCUT2D eigenvalue weighted by Crippen LogP contribution is -2.35. The number of thiazole rings is 1. The number of para-hydroxylation sites is 1. The number of fused-ring (bicyclic) bond motifs is 2. The van der Waals surface area contributed by atoms with Crippen LogP contribution >= 0.6 is 11.3 Å². The number of amides is 2. The number of phenols is 2. The number of nitrogens with one attached hydrogen (secondary N) is 2. The van der Waals surface area contributed by atoms with Crippen molar-refractivity contribution >= 4 is 51.2 Å². The number of cyclic esters (lactones) is 1. The van der Waals surface area contributed by atoms with Crippen LogP contribution in [0.15, 0.2) is 60.7 Å². The third-order valence-electron chi connectivity index (χ3n) is 8.53. The first kappa shape index (κ1) is 36.1. The second-order valence-corrected chi connectivity index (χ2v) is 13.2. The number of ether oxygens (including phenoxy) is 2. The summed E-state index contributed by atoms with van der Waals surface area (Å²) in [7, 11) is 1.53. The fraction of sp³-hybridized carbons (Fsp3) is 0.342. The van der Waals surface area contributed by atoms with Gasteiger partial charge < -0.3 is 30.3 Å². The first-order valence-electron chi connectivity index (χ1n) is 16.7. The molecule has 0 fully saturated rings. The van der Waals surface area contributed by atoms with E-state index in [0.717, 1.165) is 10.2 Å². The van der Waals surface area contributed by atoms with E-state index in [0.29, 0.717) is 54.8 Å². The highest BCUT2D eigenvalue weighted by molar-refractivity contribution is 7.20. The van der Waals surface area contributed by atoms with Crippen LogP contribution in [0.1, 0.15) is 94.6 Å². The van der Waals surface area contributed by atoms with E-state index in [4.69, 9.17) is 9.47 Å². The number of nitrogens with zero attached hydrogens (tertiary/aromatic N) is 1. The predicted octanol–water partition coefficient (Wildman–Crippen LogP) is 6.27. The summed E-state index contributed by atoms with van der Waals surface area (Å²) in [5.41, 5.74) is 1.45. The van der Waals surface area contributed by atoms with Crippen LogP contribution in [-0.4, -0.2) is 65.1 Å². The van der Waals surface area contributed by atoms with Gasteiger partial charge in [-0.1, -0.05) is 36.4 Å². The first-order valence-corrected chi connectivity index (χ1v) is 17.5. The van der Waals surface area contributed by atoms with Crippen LogP contribution in [0.5, 0.6) is 17.2 Å². The minimum Gasteiger partial charge on any atom is -0.507 e. The second-order valence-electron chi connectivity index (χ2n) is 12.2. The first-order chi connectivity index (χ1) is 24.1. The summed E-state index contributed by atoms with van der Waals surface area (Å²) in [6.45, 7) is 2.00. The number of ketones is 1. The van der Waals surface area contributed by atoms with Crippen LogP contribution in [-0.2, 0) is 14.3 Å². The van der Waals surface area contributed by atoms with Gasteiger partial charge in [-0.25, -0.2) is 9.78 Å². The highest BCUT2D eigenvalue weighted by Crippen LogP contribution is 2.44. The molecule has 4 aromatic rings. The number of esters is 1. The lowest BCUT2D eigenvalue weighted by atomic mass is 9.84. The Labute approximate surface area is 294 Å². The van der Waals surface area contributed by atoms with Crippen LogP contribution in [0.2, 0.25) is 0 Å². The molecule has 1 aliphatic heterocycles. The Morgan fingerprint density at radius 3 is 2.54 bits per heavy atom. The second kappa shape index (κ2) is 16.9. The molecule has 262 valence electrons. The summed E-state index contributed by atoms with van der Waals surface area (Å²) in [5.74, 6) is -2.47. The maximum absolute atomic E-state index is 13.6. The molecule has 0 saturated carbocycles. The number of aromatic hydroxyl groups is 2. The van der Waals surface area contributed by atoms with Crippen molar-refractivity contribution < 1.29 is 38.9 Å². The summed E-state index contributed by atoms with van der Waals surface area (Å²) in [6, 6.07) is 15.7. The summed E-state index contributed by atoms with van der Waals surface area (Å²) in [4.78, 5) is 56.1. The number of benzene rings is 3. The Hall–Kier alpha value is -5.23. The maximum atomic E-state index is 13.6. The zero-order chi connectivity index (χ0) is 35.6. The highest BCUT2D eigenvalue weighted by atomic mass is 32.1. The molecular formula is C38H41N3O8S. The molecule has 12 heteroatoms. The van der Waals surface area contributed by atoms with Crippen LogP contribution in [0.3, 0.4) is 0 Å². The van der Waals surface area contributed by atoms with Crippen molar-refractivity contribution in [3.05, 3.63) is 87.9 Å². The minimum atomic E-state index is -0.878. The molecule has 3 aromatic carbocycles. The molecular weight excluding hydrogens is 658 g/mol. The van der Waals surface area contributed by atoms with Crippen molar-refractivity contribution in [2.75, 3.05) is 20.2 Å². The standard InChI is InChI=1S/C38H41N3O8S/c1-23-9-8-12-26(42)11-5-3-4-10-25-21-30(43)34(35(45)33(25)38(47)49-23)28(24-15-17-27(48-2)18-16-24)22-32(44)39-19-20-40-36(46)37-41-29-13-6-7-14-31(29)50-37/h4,6-7,10,13-18,21,23,28,43,45H,3,5,8-9,11-12,19-20,22H2,1-2H3,(H,39,44)(H,40,46)/b10-4+/t23-,28?/m0/s1. The summed E-state index contributed by atoms with van der Waals surface area (Å²) < 4.78 is 11.9. The van der Waals surface area contributed by atoms with Crippen molar-refractivity contribution in [3.8, 4) is 17.2 Å². The molecule has 4 N–H and O–H groups in total. The normalized spacial score (nSPS) is 16.8. The van der Waals surface area contributed by atoms with E-state index >= 15 is 0 Å². The molecule has 1 aliphatic rings. The molecule has 2 atom stereocenters. The van der Waals surface area contributed by atoms with E-state index in [1.54, 1.807) is 43.3 Å². The quantitative estimate of drug-likeness (QED) is 0.117. The number of rotatable bonds is 9. The summed E-state index contributed by atoms with van der Waals surface area (Å²) in [6.07, 6.45) is 5.80. The third-order valence-corrected chi connectivity index (χ3v) is 9.56. The number of hydrogen-bond acceptors (Lipinski definition) is 10. The molecule has 0 spiro atoms. The number of carbonyl (C=O) groups excluding carboxylic acids is 4. The predicted molar refractivity (Wildman–Crippen MR) is 191 cm³/mol. The fourth-order valence-corrected chi connectivity index (χ4v) is 6.80. The van der Waals surface area contributed by atoms with Crippen LogP contribution < -0.4 is 15.4 Å². The van der Waals surface area contributed by atoms with E-state index in [1.807, 2.05) is 24.3 Å². The van der Waals surface area contributed by atoms with Crippen molar-refractivity contribution in [1.82, 2.24) is 15.6 Å². The molecule has 2 amide bonds. The smallest absolute Gasteiger partial charge is 0.342 e. The topological polar surface area (TPSA) is 164 Å². The van der Waals surface area contributed by atoms with Crippen LogP contribution in [0, 0.1) is 0 Å². The van der Waals surface area contributed by atoms with E-state index in [2.05, 4.69) is 15.6 Å². The Morgan fingerprint density at radius 1 is 1.04 bits per heavy atom. The van der Waals surface area contributed by atoms with Gasteiger partial charge in [-0.05, 0) is 74.1 Å². The number of Topliss-reactive ketones (excluding diaryl/α,β-unsaturated/α-hetero) is 1. The molecule has 0 saturated heterocycles. The number of aromatic nitrogens is 1. The van der Waals surface area contributed by atoms with Gasteiger partial charge >= 0.3 is 5.97 Å². The van der Waals surface area contributed by atoms with Crippen LogP contribution in [0.4, 0.5) is 0 Å². The summed E-state index contributed by atoms with van der Waals surface area (Å²) in [5, 5.41) is 29.0. The minimum absolute atomic E-state index is 0.00192. The Bertz CT molecular complexity index is 1850. The van der Waals surface area contributed by atoms with E-state index in [9.17, 15) is 29.4 Å². The lowest BCUT2D eigenvalue weighted by molar-refractivity contribution is -0.121. The van der Waals surface area contributed by atoms with Gasteiger partial charge in [0.05, 0.1) is 23.4 Å². The number of hydrogen-bond donors (Lipinski definition) is 4. The average Bonchev–Trinajstić information content (AvgIpc) is 3.54. The van der Waals surface area contributed by atoms with Gasteiger partial charge in [0.2, 0.25) is 5.91 Å². The lowest BCUT2D eigenvalue weighted by Gasteiger charge is -2.23. The number of carbonyl (C=O) groups is 4. The fourth-order valence-electron chi connectivity index (χ4n) is 5.92. The average molecular weight is 700 g/mol. The SMILES string of the molecule is COc1ccc(C(CC(=O)NCCNC(=O)c2nc3ccccc3s2)c2c(O)cc3c(c2O)C(=O)O[C@@H](C)CCCC(=O)CCC/C=C/3)cc1. The van der Waals surface area contributed by atoms with Crippen molar-refractivity contribution in [1.29, 1.82) is 0 Å². The van der Waals surface area contributed by atoms with Gasteiger partial charge in [0.25, 0.3) is 5.91 Å². The molecule has 2 heterocycles. The molecule has 5 rings (SSSR count). The Kier molecular flexibility index (Phi) is 12.2. The van der Waals surface area contributed by atoms with Crippen molar-refractivity contribution in [3.63, 3.8) is 0 Å². The molecule has 1 unspecified atom stereocenters. The van der Waals surface area contributed by atoms with Gasteiger partial charge in [0, 0.05) is 43.8 Å². The molecule has 0 radical (unpaired) electrons. The largest absolute Gasteiger partial charge is 0.507 e. The Balaban J connectivity index is 1.38. The molecule has 1 aromatic heterocycles. The van der Waals surface area contributed by atoms with Gasteiger partial charge in [-0.3, -0.25) is 14.4 Å². The van der Waals surface area contributed by atoms with Crippen molar-refractivity contribution in [2.24, 2.45) is 0 Å². The highest BCUT2D eigenvalue weighted by Gasteiger charge is 2.31. The monoisotopic (exact) mass is 699 g/mol. The van der Waals surface area contributed by atoms with Crippen LogP contribution in [0.25, 0.3) is 16.3 Å². The van der Waals surface area contributed by atoms with E-state index in [1.165, 1.54) is 24.5 Å². The number of phenolic OH excluding ortho intramolecular Hbond substituents is 2. The molecule has 50 heavy (non-hydrogen) atoms. The van der Waals surface area contributed by atoms with E-state index in [-0.39, 0.29) is 53.6 Å². The van der Waals surface area contributed by atoms with Gasteiger partial charge in [0.15, 0.2) is 5.01 Å². The zero-order valence-corrected chi connectivity index (χ0v) is 28.9. The molecule has 0 aliphatic carbocycles. The molecule has 0 bridgehead atoms. The van der Waals surface area contributed by atoms with Crippen molar-refractivity contribution in [2.45, 2.75) is 63.9 Å².